The van der Waals surface area contributed by atoms with Gasteiger partial charge in [0.15, 0.2) is 10.3 Å². The minimum atomic E-state index is -0.398. The largest absolute Gasteiger partial charge is 0.462 e. The molecule has 0 aliphatic heterocycles. The van der Waals surface area contributed by atoms with Gasteiger partial charge in [-0.2, -0.15) is 0 Å². The average Bonchev–Trinajstić information content (AvgIpc) is 3.70. The minimum Gasteiger partial charge on any atom is -0.462 e. The molecule has 3 aromatic heterocycles. The standard InChI is InChI=1S/C29H27N7O3S3/c1-2-39-27(38)17-11-13-18(14-12-17)31-23(37)16-41-29-35-34-22(36(29)19-7-4-3-5-8-19)15-40-28-32-25(30)24-20-9-6-10-21(20)42-26(24)33-28/h3-5,7-8,11-14H,2,6,9-10,15-16H2,1H3,(H,31,37)(H2,30,32,33). The number of thioether (sulfide) groups is 2. The molecule has 0 spiro atoms. The lowest BCUT2D eigenvalue weighted by atomic mass is 10.2. The summed E-state index contributed by atoms with van der Waals surface area (Å²) in [6, 6.07) is 16.4. The summed E-state index contributed by atoms with van der Waals surface area (Å²) in [6.45, 7) is 2.06. The Balaban J connectivity index is 1.15. The van der Waals surface area contributed by atoms with Gasteiger partial charge in [-0.05, 0) is 68.1 Å². The van der Waals surface area contributed by atoms with E-state index in [4.69, 9.17) is 15.5 Å². The van der Waals surface area contributed by atoms with Crippen molar-refractivity contribution in [2.24, 2.45) is 0 Å². The number of carbonyl (C=O) groups excluding carboxylic acids is 2. The van der Waals surface area contributed by atoms with Gasteiger partial charge >= 0.3 is 5.97 Å². The number of aryl methyl sites for hydroxylation is 2. The molecule has 13 heteroatoms. The SMILES string of the molecule is CCOC(=O)c1ccc(NC(=O)CSc2nnc(CSc3nc(N)c4c5c(sc4n3)CCC5)n2-c2ccccc2)cc1. The summed E-state index contributed by atoms with van der Waals surface area (Å²) < 4.78 is 6.95. The lowest BCUT2D eigenvalue weighted by Gasteiger charge is -2.10. The molecule has 5 aromatic rings. The second-order valence-corrected chi connectivity index (χ2v) is 12.4. The second kappa shape index (κ2) is 12.5. The van der Waals surface area contributed by atoms with Crippen LogP contribution in [0.5, 0.6) is 0 Å². The van der Waals surface area contributed by atoms with Crippen LogP contribution in [0.15, 0.2) is 64.9 Å². The Kier molecular flexibility index (Phi) is 8.40. The molecule has 1 amide bonds. The number of thiophene rings is 1. The number of fused-ring (bicyclic) bond motifs is 3. The first-order valence-corrected chi connectivity index (χ1v) is 16.2. The van der Waals surface area contributed by atoms with E-state index in [-0.39, 0.29) is 11.7 Å². The van der Waals surface area contributed by atoms with Crippen LogP contribution < -0.4 is 11.1 Å². The topological polar surface area (TPSA) is 138 Å². The second-order valence-electron chi connectivity index (χ2n) is 9.42. The molecule has 0 fully saturated rings. The van der Waals surface area contributed by atoms with Crippen molar-refractivity contribution in [3.8, 4) is 5.69 Å². The van der Waals surface area contributed by atoms with Crippen LogP contribution in [0, 0.1) is 0 Å². The fourth-order valence-corrected chi connectivity index (χ4v) is 7.61. The summed E-state index contributed by atoms with van der Waals surface area (Å²) in [5.74, 6) is 1.23. The van der Waals surface area contributed by atoms with Crippen LogP contribution in [-0.2, 0) is 28.1 Å². The predicted octanol–water partition coefficient (Wildman–Crippen LogP) is 5.54. The summed E-state index contributed by atoms with van der Waals surface area (Å²) in [5, 5.41) is 13.9. The van der Waals surface area contributed by atoms with E-state index in [1.807, 2.05) is 34.9 Å². The number of hydrogen-bond acceptors (Lipinski definition) is 11. The Morgan fingerprint density at radius 3 is 2.64 bits per heavy atom. The summed E-state index contributed by atoms with van der Waals surface area (Å²) in [7, 11) is 0. The van der Waals surface area contributed by atoms with Gasteiger partial charge in [-0.25, -0.2) is 14.8 Å². The van der Waals surface area contributed by atoms with Crippen molar-refractivity contribution in [3.63, 3.8) is 0 Å². The van der Waals surface area contributed by atoms with E-state index in [2.05, 4.69) is 20.5 Å². The van der Waals surface area contributed by atoms with E-state index in [0.717, 1.165) is 35.2 Å². The number of para-hydroxylation sites is 1. The van der Waals surface area contributed by atoms with Crippen molar-refractivity contribution in [1.82, 2.24) is 24.7 Å². The maximum Gasteiger partial charge on any atom is 0.338 e. The van der Waals surface area contributed by atoms with E-state index in [0.29, 0.717) is 45.6 Å². The molecule has 0 radical (unpaired) electrons. The number of anilines is 2. The third-order valence-corrected chi connectivity index (χ3v) is 9.59. The Hall–Kier alpha value is -3.94. The molecule has 1 aliphatic rings. The molecule has 3 heterocycles. The Bertz CT molecular complexity index is 1750. The summed E-state index contributed by atoms with van der Waals surface area (Å²) in [5.41, 5.74) is 9.59. The Morgan fingerprint density at radius 1 is 1.05 bits per heavy atom. The quantitative estimate of drug-likeness (QED) is 0.117. The molecule has 1 aliphatic carbocycles. The van der Waals surface area contributed by atoms with Crippen molar-refractivity contribution >= 4 is 68.5 Å². The number of ether oxygens (including phenoxy) is 1. The van der Waals surface area contributed by atoms with Crippen molar-refractivity contribution in [1.29, 1.82) is 0 Å². The van der Waals surface area contributed by atoms with Gasteiger partial charge in [-0.3, -0.25) is 9.36 Å². The Morgan fingerprint density at radius 2 is 1.86 bits per heavy atom. The van der Waals surface area contributed by atoms with Crippen LogP contribution in [0.2, 0.25) is 0 Å². The number of amides is 1. The highest BCUT2D eigenvalue weighted by atomic mass is 32.2. The van der Waals surface area contributed by atoms with Crippen molar-refractivity contribution in [2.45, 2.75) is 42.3 Å². The monoisotopic (exact) mass is 617 g/mol. The van der Waals surface area contributed by atoms with Crippen LogP contribution in [0.1, 0.15) is 40.0 Å². The smallest absolute Gasteiger partial charge is 0.338 e. The average molecular weight is 618 g/mol. The number of carbonyl (C=O) groups is 2. The van der Waals surface area contributed by atoms with E-state index >= 15 is 0 Å². The number of nitrogens with zero attached hydrogens (tertiary/aromatic N) is 5. The molecule has 3 N–H and O–H groups in total. The molecular formula is C29H27N7O3S3. The van der Waals surface area contributed by atoms with Gasteiger partial charge in [0.05, 0.1) is 29.1 Å². The molecule has 42 heavy (non-hydrogen) atoms. The number of nitrogens with one attached hydrogen (secondary N) is 1. The Labute approximate surface area is 254 Å². The van der Waals surface area contributed by atoms with Gasteiger partial charge in [0.25, 0.3) is 0 Å². The fraction of sp³-hybridized carbons (Fsp3) is 0.241. The molecule has 10 nitrogen and oxygen atoms in total. The molecule has 214 valence electrons. The number of benzene rings is 2. The molecule has 0 atom stereocenters. The highest BCUT2D eigenvalue weighted by molar-refractivity contribution is 7.99. The molecule has 0 saturated heterocycles. The zero-order chi connectivity index (χ0) is 29.1. The molecule has 6 rings (SSSR count). The first-order chi connectivity index (χ1) is 20.5. The van der Waals surface area contributed by atoms with Crippen LogP contribution >= 0.6 is 34.9 Å². The summed E-state index contributed by atoms with van der Waals surface area (Å²) in [4.78, 5) is 36.3. The molecular weight excluding hydrogens is 591 g/mol. The highest BCUT2D eigenvalue weighted by Crippen LogP contribution is 2.39. The summed E-state index contributed by atoms with van der Waals surface area (Å²) >= 11 is 4.46. The van der Waals surface area contributed by atoms with Gasteiger partial charge in [-0.15, -0.1) is 21.5 Å². The van der Waals surface area contributed by atoms with Crippen LogP contribution in [-0.4, -0.2) is 49.0 Å². The maximum atomic E-state index is 12.8. The third-order valence-electron chi connectivity index (χ3n) is 6.63. The van der Waals surface area contributed by atoms with Crippen molar-refractivity contribution in [2.75, 3.05) is 23.4 Å². The number of nitrogen functional groups attached to an aromatic ring is 1. The molecule has 0 unspecified atom stereocenters. The van der Waals surface area contributed by atoms with E-state index in [1.54, 1.807) is 42.5 Å². The number of esters is 1. The van der Waals surface area contributed by atoms with E-state index in [1.165, 1.54) is 34.0 Å². The number of aromatic nitrogens is 5. The van der Waals surface area contributed by atoms with E-state index < -0.39 is 5.97 Å². The van der Waals surface area contributed by atoms with Gasteiger partial charge in [0, 0.05) is 16.3 Å². The predicted molar refractivity (Wildman–Crippen MR) is 167 cm³/mol. The molecule has 0 saturated carbocycles. The van der Waals surface area contributed by atoms with Crippen LogP contribution in [0.3, 0.4) is 0 Å². The van der Waals surface area contributed by atoms with Gasteiger partial charge in [0.1, 0.15) is 16.5 Å². The van der Waals surface area contributed by atoms with Gasteiger partial charge in [-0.1, -0.05) is 41.7 Å². The molecule has 2 aromatic carbocycles. The van der Waals surface area contributed by atoms with Crippen LogP contribution in [0.25, 0.3) is 15.9 Å². The first-order valence-electron chi connectivity index (χ1n) is 13.4. The zero-order valence-electron chi connectivity index (χ0n) is 22.7. The molecule has 0 bridgehead atoms. The number of rotatable bonds is 10. The van der Waals surface area contributed by atoms with Crippen LogP contribution in [0.4, 0.5) is 11.5 Å². The lowest BCUT2D eigenvalue weighted by Crippen LogP contribution is -2.15. The first kappa shape index (κ1) is 28.2. The lowest BCUT2D eigenvalue weighted by molar-refractivity contribution is -0.113. The maximum absolute atomic E-state index is 12.8. The third kappa shape index (κ3) is 5.98. The van der Waals surface area contributed by atoms with Crippen molar-refractivity contribution in [3.05, 3.63) is 76.4 Å². The summed E-state index contributed by atoms with van der Waals surface area (Å²) in [6.07, 6.45) is 3.28. The van der Waals surface area contributed by atoms with Gasteiger partial charge in [0.2, 0.25) is 5.91 Å². The van der Waals surface area contributed by atoms with Crippen molar-refractivity contribution < 1.29 is 14.3 Å². The number of nitrogens with two attached hydrogens (primary N) is 1. The fourth-order valence-electron chi connectivity index (χ4n) is 4.75. The normalized spacial score (nSPS) is 12.4. The minimum absolute atomic E-state index is 0.122. The number of hydrogen-bond donors (Lipinski definition) is 2. The zero-order valence-corrected chi connectivity index (χ0v) is 25.2. The van der Waals surface area contributed by atoms with E-state index in [9.17, 15) is 9.59 Å². The highest BCUT2D eigenvalue weighted by Gasteiger charge is 2.22. The van der Waals surface area contributed by atoms with Gasteiger partial charge < -0.3 is 15.8 Å².